The highest BCUT2D eigenvalue weighted by atomic mass is 16.2. The maximum atomic E-state index is 11.8. The van der Waals surface area contributed by atoms with Crippen molar-refractivity contribution in [2.45, 2.75) is 51.1 Å². The summed E-state index contributed by atoms with van der Waals surface area (Å²) in [6.07, 6.45) is 6.34. The van der Waals surface area contributed by atoms with Crippen LogP contribution in [-0.2, 0) is 4.79 Å². The second-order valence-electron chi connectivity index (χ2n) is 4.72. The number of nitrogens with zero attached hydrogens (tertiary/aromatic N) is 1. The minimum Gasteiger partial charge on any atom is -0.338 e. The van der Waals surface area contributed by atoms with Gasteiger partial charge in [-0.25, -0.2) is 0 Å². The number of likely N-dealkylation sites (tertiary alicyclic amines) is 1. The van der Waals surface area contributed by atoms with Crippen LogP contribution in [0.2, 0.25) is 0 Å². The van der Waals surface area contributed by atoms with Crippen LogP contribution in [0.3, 0.4) is 0 Å². The molecule has 0 bridgehead atoms. The summed E-state index contributed by atoms with van der Waals surface area (Å²) in [4.78, 5) is 13.8. The molecule has 2 aliphatic rings. The largest absolute Gasteiger partial charge is 0.338 e. The van der Waals surface area contributed by atoms with Gasteiger partial charge in [-0.2, -0.15) is 0 Å². The molecule has 1 saturated carbocycles. The van der Waals surface area contributed by atoms with E-state index in [4.69, 9.17) is 5.73 Å². The Morgan fingerprint density at radius 2 is 2.07 bits per heavy atom. The van der Waals surface area contributed by atoms with E-state index < -0.39 is 0 Å². The predicted octanol–water partition coefficient (Wildman–Crippen LogP) is 1.12. The number of hydrogen-bond donors (Lipinski definition) is 1. The van der Waals surface area contributed by atoms with Gasteiger partial charge in [0.2, 0.25) is 5.91 Å². The monoisotopic (exact) mass is 196 g/mol. The van der Waals surface area contributed by atoms with Crippen molar-refractivity contribution in [3.63, 3.8) is 0 Å². The molecule has 2 unspecified atom stereocenters. The van der Waals surface area contributed by atoms with Crippen LogP contribution in [0.15, 0.2) is 0 Å². The van der Waals surface area contributed by atoms with Crippen molar-refractivity contribution < 1.29 is 4.79 Å². The first-order valence-electron chi connectivity index (χ1n) is 5.76. The van der Waals surface area contributed by atoms with Crippen LogP contribution in [0.4, 0.5) is 0 Å². The molecule has 14 heavy (non-hydrogen) atoms. The third-order valence-electron chi connectivity index (χ3n) is 3.68. The van der Waals surface area contributed by atoms with Gasteiger partial charge >= 0.3 is 0 Å². The minimum absolute atomic E-state index is 0.152. The molecular weight excluding hydrogens is 176 g/mol. The van der Waals surface area contributed by atoms with Gasteiger partial charge in [-0.05, 0) is 32.1 Å². The number of rotatable bonds is 1. The van der Waals surface area contributed by atoms with Gasteiger partial charge in [0.05, 0.1) is 6.04 Å². The third kappa shape index (κ3) is 1.65. The maximum Gasteiger partial charge on any atom is 0.239 e. The Labute approximate surface area is 85.6 Å². The molecule has 0 spiro atoms. The normalized spacial score (nSPS) is 34.0. The molecule has 3 atom stereocenters. The Kier molecular flexibility index (Phi) is 2.77. The molecule has 0 aromatic carbocycles. The lowest BCUT2D eigenvalue weighted by molar-refractivity contribution is -0.133. The molecule has 1 aliphatic carbocycles. The first-order chi connectivity index (χ1) is 6.70. The Hall–Kier alpha value is -0.570. The molecule has 3 nitrogen and oxygen atoms in total. The van der Waals surface area contributed by atoms with E-state index in [-0.39, 0.29) is 11.9 Å². The molecule has 80 valence electrons. The fraction of sp³-hybridized carbons (Fsp3) is 0.909. The summed E-state index contributed by atoms with van der Waals surface area (Å²) in [5, 5.41) is 0. The summed E-state index contributed by atoms with van der Waals surface area (Å²) in [7, 11) is 0. The van der Waals surface area contributed by atoms with Crippen molar-refractivity contribution in [1.82, 2.24) is 4.90 Å². The first-order valence-corrected chi connectivity index (χ1v) is 5.76. The van der Waals surface area contributed by atoms with E-state index in [9.17, 15) is 4.79 Å². The predicted molar refractivity (Wildman–Crippen MR) is 55.7 cm³/mol. The SMILES string of the molecule is C[C@H](N)C(=O)N1CCC2CCCCC21. The average molecular weight is 196 g/mol. The molecule has 2 rings (SSSR count). The molecule has 1 saturated heterocycles. The number of nitrogens with two attached hydrogens (primary N) is 1. The quantitative estimate of drug-likeness (QED) is 0.683. The van der Waals surface area contributed by atoms with Crippen LogP contribution in [0.5, 0.6) is 0 Å². The van der Waals surface area contributed by atoms with Crippen LogP contribution in [0, 0.1) is 5.92 Å². The van der Waals surface area contributed by atoms with Gasteiger partial charge in [-0.3, -0.25) is 4.79 Å². The lowest BCUT2D eigenvalue weighted by Gasteiger charge is -2.32. The maximum absolute atomic E-state index is 11.8. The van der Waals surface area contributed by atoms with Crippen molar-refractivity contribution in [1.29, 1.82) is 0 Å². The van der Waals surface area contributed by atoms with Gasteiger partial charge in [0.25, 0.3) is 0 Å². The van der Waals surface area contributed by atoms with Crippen molar-refractivity contribution in [3.05, 3.63) is 0 Å². The summed E-state index contributed by atoms with van der Waals surface area (Å²) in [5.41, 5.74) is 5.65. The van der Waals surface area contributed by atoms with E-state index in [0.717, 1.165) is 12.5 Å². The topological polar surface area (TPSA) is 46.3 Å². The number of fused-ring (bicyclic) bond motifs is 1. The van der Waals surface area contributed by atoms with Crippen molar-refractivity contribution >= 4 is 5.91 Å². The third-order valence-corrected chi connectivity index (χ3v) is 3.68. The fourth-order valence-electron chi connectivity index (χ4n) is 2.94. The van der Waals surface area contributed by atoms with Crippen LogP contribution in [-0.4, -0.2) is 29.4 Å². The van der Waals surface area contributed by atoms with E-state index in [2.05, 4.69) is 0 Å². The van der Waals surface area contributed by atoms with Gasteiger partial charge in [0, 0.05) is 12.6 Å². The van der Waals surface area contributed by atoms with Crippen LogP contribution in [0.1, 0.15) is 39.0 Å². The molecule has 2 fully saturated rings. The van der Waals surface area contributed by atoms with Gasteiger partial charge in [-0.1, -0.05) is 12.8 Å². The number of hydrogen-bond acceptors (Lipinski definition) is 2. The minimum atomic E-state index is -0.323. The van der Waals surface area contributed by atoms with E-state index in [1.54, 1.807) is 6.92 Å². The average Bonchev–Trinajstić information content (AvgIpc) is 2.60. The molecule has 3 heteroatoms. The molecule has 1 amide bonds. The highest BCUT2D eigenvalue weighted by Gasteiger charge is 2.38. The Morgan fingerprint density at radius 3 is 2.79 bits per heavy atom. The fourth-order valence-corrected chi connectivity index (χ4v) is 2.94. The lowest BCUT2D eigenvalue weighted by atomic mass is 9.85. The summed E-state index contributed by atoms with van der Waals surface area (Å²) in [6, 6.07) is 0.193. The Bertz CT molecular complexity index is 227. The standard InChI is InChI=1S/C11H20N2O/c1-8(12)11(14)13-7-6-9-4-2-3-5-10(9)13/h8-10H,2-7,12H2,1H3/t8-,9?,10?/m0/s1. The van der Waals surface area contributed by atoms with Gasteiger partial charge in [0.15, 0.2) is 0 Å². The second-order valence-corrected chi connectivity index (χ2v) is 4.72. The zero-order valence-corrected chi connectivity index (χ0v) is 8.91. The number of amides is 1. The summed E-state index contributed by atoms with van der Waals surface area (Å²) in [5.74, 6) is 0.922. The van der Waals surface area contributed by atoms with Gasteiger partial charge in [0.1, 0.15) is 0 Å². The summed E-state index contributed by atoms with van der Waals surface area (Å²) < 4.78 is 0. The number of carbonyl (C=O) groups is 1. The zero-order valence-electron chi connectivity index (χ0n) is 8.91. The van der Waals surface area contributed by atoms with Crippen molar-refractivity contribution in [2.75, 3.05) is 6.54 Å². The van der Waals surface area contributed by atoms with Crippen LogP contribution >= 0.6 is 0 Å². The summed E-state index contributed by atoms with van der Waals surface area (Å²) in [6.45, 7) is 2.73. The molecule has 1 aliphatic heterocycles. The van der Waals surface area contributed by atoms with E-state index >= 15 is 0 Å². The second kappa shape index (κ2) is 3.89. The molecule has 0 aromatic rings. The molecule has 0 radical (unpaired) electrons. The highest BCUT2D eigenvalue weighted by molar-refractivity contribution is 5.81. The van der Waals surface area contributed by atoms with E-state index in [1.165, 1.54) is 32.1 Å². The summed E-state index contributed by atoms with van der Waals surface area (Å²) >= 11 is 0. The first kappa shape index (κ1) is 9.97. The van der Waals surface area contributed by atoms with Crippen molar-refractivity contribution in [2.24, 2.45) is 11.7 Å². The Morgan fingerprint density at radius 1 is 1.36 bits per heavy atom. The van der Waals surface area contributed by atoms with Crippen LogP contribution < -0.4 is 5.73 Å². The van der Waals surface area contributed by atoms with Gasteiger partial charge < -0.3 is 10.6 Å². The zero-order chi connectivity index (χ0) is 10.1. The molecular formula is C11H20N2O. The van der Waals surface area contributed by atoms with Crippen LogP contribution in [0.25, 0.3) is 0 Å². The van der Waals surface area contributed by atoms with Crippen molar-refractivity contribution in [3.8, 4) is 0 Å². The molecule has 1 heterocycles. The lowest BCUT2D eigenvalue weighted by Crippen LogP contribution is -2.46. The molecule has 2 N–H and O–H groups in total. The molecule has 0 aromatic heterocycles. The van der Waals surface area contributed by atoms with E-state index in [1.807, 2.05) is 4.90 Å². The van der Waals surface area contributed by atoms with E-state index in [0.29, 0.717) is 6.04 Å². The Balaban J connectivity index is 2.03. The number of carbonyl (C=O) groups excluding carboxylic acids is 1. The highest BCUT2D eigenvalue weighted by Crippen LogP contribution is 2.36. The smallest absolute Gasteiger partial charge is 0.239 e. The van der Waals surface area contributed by atoms with Gasteiger partial charge in [-0.15, -0.1) is 0 Å².